The van der Waals surface area contributed by atoms with Gasteiger partial charge in [-0.1, -0.05) is 101 Å². The normalized spacial score (nSPS) is 10.5. The van der Waals surface area contributed by atoms with Gasteiger partial charge in [0.15, 0.2) is 5.75 Å². The van der Waals surface area contributed by atoms with Gasteiger partial charge in [-0.05, 0) is 55.7 Å². The number of hydrogen-bond acceptors (Lipinski definition) is 1. The van der Waals surface area contributed by atoms with Crippen LogP contribution >= 0.6 is 34.1 Å². The van der Waals surface area contributed by atoms with E-state index in [1.807, 2.05) is 0 Å². The summed E-state index contributed by atoms with van der Waals surface area (Å²) in [5.41, 5.74) is 0. The second kappa shape index (κ2) is 20.3. The van der Waals surface area contributed by atoms with Gasteiger partial charge >= 0.3 is 0 Å². The van der Waals surface area contributed by atoms with Crippen LogP contribution in [0, 0.1) is 0 Å². The minimum atomic E-state index is -1.83. The molecular formula is C31H46Br2OP2. The molecule has 0 spiro atoms. The number of hydrogen-bond donors (Lipinski definition) is 0. The summed E-state index contributed by atoms with van der Waals surface area (Å²) in [5.74, 6) is 1.08. The summed E-state index contributed by atoms with van der Waals surface area (Å²) in [6, 6.07) is 31.4. The molecule has 0 aliphatic heterocycles. The number of unbranched alkanes of at least 4 members (excludes halogenated alkanes) is 7. The second-order valence-corrected chi connectivity index (χ2v) is 12.6. The van der Waals surface area contributed by atoms with Gasteiger partial charge < -0.3 is 21.7 Å². The molecule has 1 unspecified atom stereocenters. The van der Waals surface area contributed by atoms with Gasteiger partial charge in [-0.25, -0.2) is 0 Å². The van der Waals surface area contributed by atoms with Gasteiger partial charge in [-0.15, -0.1) is 17.0 Å². The highest BCUT2D eigenvalue weighted by atomic mass is 79.9. The molecule has 200 valence electrons. The van der Waals surface area contributed by atoms with Crippen molar-refractivity contribution in [1.82, 2.24) is 0 Å². The van der Waals surface area contributed by atoms with Gasteiger partial charge in [0, 0.05) is 0 Å². The van der Waals surface area contributed by atoms with Gasteiger partial charge in [-0.2, -0.15) is 9.90 Å². The van der Waals surface area contributed by atoms with Crippen LogP contribution in [0.1, 0.15) is 71.6 Å². The van der Waals surface area contributed by atoms with Crippen molar-refractivity contribution in [2.24, 2.45) is 0 Å². The lowest BCUT2D eigenvalue weighted by Crippen LogP contribution is -3.00. The first kappa shape index (κ1) is 35.3. The van der Waals surface area contributed by atoms with E-state index in [0.29, 0.717) is 0 Å². The van der Waals surface area contributed by atoms with Crippen molar-refractivity contribution in [3.8, 4) is 5.75 Å². The molecule has 0 aliphatic rings. The smallest absolute Gasteiger partial charge is 0.162 e. The quantitative estimate of drug-likeness (QED) is 0.154. The van der Waals surface area contributed by atoms with E-state index in [1.165, 1.54) is 73.4 Å². The Morgan fingerprint density at radius 2 is 1.06 bits per heavy atom. The first-order chi connectivity index (χ1) is 16.3. The lowest BCUT2D eigenvalue weighted by atomic mass is 10.1. The lowest BCUT2D eigenvalue weighted by Gasteiger charge is -2.29. The number of halogens is 2. The van der Waals surface area contributed by atoms with Crippen LogP contribution in [0.4, 0.5) is 0 Å². The fourth-order valence-corrected chi connectivity index (χ4v) is 9.26. The third kappa shape index (κ3) is 9.87. The molecule has 3 aromatic carbocycles. The Balaban J connectivity index is 0.00000408. The number of rotatable bonds is 15. The first-order valence-corrected chi connectivity index (χ1v) is 15.0. The summed E-state index contributed by atoms with van der Waals surface area (Å²) in [5, 5.41) is 4.34. The molecule has 3 aromatic rings. The summed E-state index contributed by atoms with van der Waals surface area (Å²) >= 11 is 0. The van der Waals surface area contributed by atoms with Crippen molar-refractivity contribution < 1.29 is 21.7 Å². The summed E-state index contributed by atoms with van der Waals surface area (Å²) in [4.78, 5) is 0. The van der Waals surface area contributed by atoms with Crippen molar-refractivity contribution in [2.45, 2.75) is 71.6 Å². The van der Waals surface area contributed by atoms with Gasteiger partial charge in [0.25, 0.3) is 0 Å². The molecule has 0 aliphatic carbocycles. The average molecular weight is 656 g/mol. The minimum Gasteiger partial charge on any atom is -1.00 e. The standard InChI is InChI=1S/C31H42OP.2BrH.H3P/c1-3-5-7-8-9-19-27-33(28-20-12-10-13-21-28,29-22-14-11-15-23-29)31-25-17-16-24-30(31)32-26-18-6-4-2;;;/h10-17,20-25H,3-9,18-19,26-27H2,1-2H3;2*1H;1H3/q+1;;;/p-1. The zero-order valence-electron chi connectivity index (χ0n) is 22.2. The van der Waals surface area contributed by atoms with Crippen molar-refractivity contribution in [1.29, 1.82) is 0 Å². The van der Waals surface area contributed by atoms with Gasteiger partial charge in [-0.3, -0.25) is 0 Å². The Hall–Kier alpha value is -0.720. The first-order valence-electron chi connectivity index (χ1n) is 13.0. The van der Waals surface area contributed by atoms with Crippen molar-refractivity contribution >= 4 is 50.1 Å². The monoisotopic (exact) mass is 654 g/mol. The predicted octanol–water partition coefficient (Wildman–Crippen LogP) is 5.55. The van der Waals surface area contributed by atoms with Crippen molar-refractivity contribution in [3.05, 3.63) is 84.9 Å². The molecule has 3 rings (SSSR count). The molecule has 0 bridgehead atoms. The third-order valence-electron chi connectivity index (χ3n) is 6.52. The van der Waals surface area contributed by atoms with Crippen molar-refractivity contribution in [2.75, 3.05) is 12.8 Å². The van der Waals surface area contributed by atoms with Crippen LogP contribution in [0.2, 0.25) is 0 Å². The van der Waals surface area contributed by atoms with E-state index in [2.05, 4.69) is 98.8 Å². The average Bonchev–Trinajstić information content (AvgIpc) is 2.88. The van der Waals surface area contributed by atoms with E-state index in [1.54, 1.807) is 0 Å². The van der Waals surface area contributed by atoms with Gasteiger partial charge in [0.1, 0.15) is 23.2 Å². The van der Waals surface area contributed by atoms with E-state index in [4.69, 9.17) is 4.74 Å². The molecule has 0 N–H and O–H groups in total. The number of para-hydroxylation sites is 1. The number of ether oxygens (including phenoxy) is 1. The Morgan fingerprint density at radius 1 is 0.583 bits per heavy atom. The SMILES string of the molecule is Br.CCCCCCCC[P+](c1ccccc1)(c1ccccc1)c1ccccc1OCCCCC.P.[Br-]. The maximum atomic E-state index is 6.48. The van der Waals surface area contributed by atoms with Crippen LogP contribution in [0.15, 0.2) is 84.9 Å². The topological polar surface area (TPSA) is 9.23 Å². The molecule has 0 amide bonds. The van der Waals surface area contributed by atoms with Crippen LogP contribution in [0.25, 0.3) is 0 Å². The van der Waals surface area contributed by atoms with Gasteiger partial charge in [0.05, 0.1) is 12.8 Å². The second-order valence-electron chi connectivity index (χ2n) is 9.00. The summed E-state index contributed by atoms with van der Waals surface area (Å²) in [7, 11) is -1.83. The van der Waals surface area contributed by atoms with Crippen LogP contribution in [0.5, 0.6) is 5.75 Å². The maximum absolute atomic E-state index is 6.48. The highest BCUT2D eigenvalue weighted by Crippen LogP contribution is 2.57. The Labute approximate surface area is 245 Å². The highest BCUT2D eigenvalue weighted by Gasteiger charge is 2.46. The fourth-order valence-electron chi connectivity index (χ4n) is 4.73. The largest absolute Gasteiger partial charge is 1.00 e. The van der Waals surface area contributed by atoms with Crippen LogP contribution in [0.3, 0.4) is 0 Å². The van der Waals surface area contributed by atoms with Gasteiger partial charge in [0.2, 0.25) is 0 Å². The molecule has 1 atom stereocenters. The fraction of sp³-hybridized carbons (Fsp3) is 0.419. The van der Waals surface area contributed by atoms with Crippen LogP contribution in [-0.2, 0) is 0 Å². The Morgan fingerprint density at radius 3 is 1.64 bits per heavy atom. The minimum absolute atomic E-state index is 0. The summed E-state index contributed by atoms with van der Waals surface area (Å²) in [6.07, 6.45) is 12.7. The molecule has 0 fully saturated rings. The molecule has 0 radical (unpaired) electrons. The molecule has 5 heteroatoms. The molecule has 36 heavy (non-hydrogen) atoms. The third-order valence-corrected chi connectivity index (χ3v) is 11.1. The van der Waals surface area contributed by atoms with E-state index in [0.717, 1.165) is 18.8 Å². The van der Waals surface area contributed by atoms with Crippen LogP contribution in [-0.4, -0.2) is 12.8 Å². The maximum Gasteiger partial charge on any atom is 0.162 e. The molecule has 0 saturated carbocycles. The Bertz CT molecular complexity index is 883. The predicted molar refractivity (Wildman–Crippen MR) is 170 cm³/mol. The molecule has 0 saturated heterocycles. The highest BCUT2D eigenvalue weighted by molar-refractivity contribution is 8.93. The zero-order chi connectivity index (χ0) is 23.2. The lowest BCUT2D eigenvalue weighted by molar-refractivity contribution is -0.00000747. The molecule has 0 aromatic heterocycles. The number of benzene rings is 3. The van der Waals surface area contributed by atoms with E-state index in [-0.39, 0.29) is 43.9 Å². The van der Waals surface area contributed by atoms with E-state index < -0.39 is 7.26 Å². The van der Waals surface area contributed by atoms with E-state index in [9.17, 15) is 0 Å². The molecule has 1 nitrogen and oxygen atoms in total. The summed E-state index contributed by atoms with van der Waals surface area (Å²) < 4.78 is 6.48. The van der Waals surface area contributed by atoms with E-state index >= 15 is 0 Å². The Kier molecular flexibility index (Phi) is 19.9. The van der Waals surface area contributed by atoms with Crippen molar-refractivity contribution in [3.63, 3.8) is 0 Å². The molecule has 0 heterocycles. The zero-order valence-corrected chi connectivity index (χ0v) is 27.8. The summed E-state index contributed by atoms with van der Waals surface area (Å²) in [6.45, 7) is 5.33. The van der Waals surface area contributed by atoms with Crippen LogP contribution < -0.4 is 37.6 Å². The molecular weight excluding hydrogens is 610 g/mol.